The van der Waals surface area contributed by atoms with E-state index in [1.807, 2.05) is 23.1 Å². The van der Waals surface area contributed by atoms with Gasteiger partial charge in [-0.3, -0.25) is 4.79 Å². The van der Waals surface area contributed by atoms with E-state index in [9.17, 15) is 4.79 Å². The number of benzene rings is 2. The number of nitrogens with zero attached hydrogens (tertiary/aromatic N) is 2. The van der Waals surface area contributed by atoms with E-state index in [-0.39, 0.29) is 5.91 Å². The van der Waals surface area contributed by atoms with Crippen LogP contribution in [0.3, 0.4) is 0 Å². The fourth-order valence-electron chi connectivity index (χ4n) is 3.45. The van der Waals surface area contributed by atoms with E-state index in [0.29, 0.717) is 18.7 Å². The van der Waals surface area contributed by atoms with E-state index in [1.54, 1.807) is 14.2 Å². The number of carbonyl (C=O) groups is 1. The Labute approximate surface area is 167 Å². The van der Waals surface area contributed by atoms with Gasteiger partial charge < -0.3 is 24.6 Å². The van der Waals surface area contributed by atoms with Crippen LogP contribution in [0.5, 0.6) is 11.5 Å². The van der Waals surface area contributed by atoms with E-state index < -0.39 is 0 Å². The van der Waals surface area contributed by atoms with Crippen LogP contribution in [0.4, 0.5) is 11.4 Å². The molecule has 1 saturated heterocycles. The first kappa shape index (κ1) is 19.9. The zero-order valence-corrected chi connectivity index (χ0v) is 16.9. The van der Waals surface area contributed by atoms with Crippen molar-refractivity contribution in [1.82, 2.24) is 4.90 Å². The lowest BCUT2D eigenvalue weighted by Crippen LogP contribution is -2.49. The quantitative estimate of drug-likeness (QED) is 0.796. The van der Waals surface area contributed by atoms with Crippen LogP contribution in [0.2, 0.25) is 0 Å². The highest BCUT2D eigenvalue weighted by atomic mass is 16.5. The van der Waals surface area contributed by atoms with Crippen molar-refractivity contribution in [3.63, 3.8) is 0 Å². The maximum absolute atomic E-state index is 12.6. The van der Waals surface area contributed by atoms with E-state index in [0.717, 1.165) is 37.6 Å². The third-order valence-electron chi connectivity index (χ3n) is 5.06. The number of rotatable bonds is 7. The number of hydrogen-bond acceptors (Lipinski definition) is 5. The molecule has 0 bridgehead atoms. The SMILES string of the molecule is COc1ccc(NCCC(=O)N2CCN(c3cccc(C)c3)CC2)c(OC)c1. The van der Waals surface area contributed by atoms with Gasteiger partial charge >= 0.3 is 0 Å². The molecule has 0 atom stereocenters. The number of methoxy groups -OCH3 is 2. The van der Waals surface area contributed by atoms with Crippen LogP contribution in [0, 0.1) is 6.92 Å². The molecule has 2 aromatic rings. The van der Waals surface area contributed by atoms with Gasteiger partial charge in [0.05, 0.1) is 19.9 Å². The molecule has 150 valence electrons. The molecular formula is C22H29N3O3. The van der Waals surface area contributed by atoms with Crippen LogP contribution in [0.1, 0.15) is 12.0 Å². The molecule has 1 fully saturated rings. The summed E-state index contributed by atoms with van der Waals surface area (Å²) in [6.45, 7) is 5.94. The molecule has 2 aromatic carbocycles. The van der Waals surface area contributed by atoms with E-state index >= 15 is 0 Å². The number of carbonyl (C=O) groups excluding carboxylic acids is 1. The van der Waals surface area contributed by atoms with Gasteiger partial charge in [0, 0.05) is 50.9 Å². The predicted molar refractivity (Wildman–Crippen MR) is 113 cm³/mol. The van der Waals surface area contributed by atoms with Crippen molar-refractivity contribution in [3.05, 3.63) is 48.0 Å². The standard InChI is InChI=1S/C22H29N3O3/c1-17-5-4-6-18(15-17)24-11-13-25(14-12-24)22(26)9-10-23-20-8-7-19(27-2)16-21(20)28-3/h4-8,15-16,23H,9-14H2,1-3H3. The Balaban J connectivity index is 1.46. The molecule has 28 heavy (non-hydrogen) atoms. The van der Waals surface area contributed by atoms with Gasteiger partial charge in [0.1, 0.15) is 11.5 Å². The summed E-state index contributed by atoms with van der Waals surface area (Å²) in [4.78, 5) is 16.9. The highest BCUT2D eigenvalue weighted by molar-refractivity contribution is 5.77. The number of piperazine rings is 1. The highest BCUT2D eigenvalue weighted by Gasteiger charge is 2.21. The molecule has 0 radical (unpaired) electrons. The van der Waals surface area contributed by atoms with Crippen molar-refractivity contribution < 1.29 is 14.3 Å². The number of hydrogen-bond donors (Lipinski definition) is 1. The van der Waals surface area contributed by atoms with Gasteiger partial charge in [-0.25, -0.2) is 0 Å². The second-order valence-electron chi connectivity index (χ2n) is 6.95. The van der Waals surface area contributed by atoms with Crippen molar-refractivity contribution in [2.45, 2.75) is 13.3 Å². The van der Waals surface area contributed by atoms with E-state index in [2.05, 4.69) is 41.4 Å². The Morgan fingerprint density at radius 1 is 1.04 bits per heavy atom. The summed E-state index contributed by atoms with van der Waals surface area (Å²) in [5.74, 6) is 1.63. The molecule has 1 heterocycles. The fourth-order valence-corrected chi connectivity index (χ4v) is 3.45. The van der Waals surface area contributed by atoms with Gasteiger partial charge in [0.15, 0.2) is 0 Å². The maximum atomic E-state index is 12.6. The number of anilines is 2. The minimum Gasteiger partial charge on any atom is -0.497 e. The van der Waals surface area contributed by atoms with Crippen LogP contribution in [-0.4, -0.2) is 57.8 Å². The lowest BCUT2D eigenvalue weighted by atomic mass is 10.2. The largest absolute Gasteiger partial charge is 0.497 e. The molecule has 6 heteroatoms. The normalized spacial score (nSPS) is 14.0. The topological polar surface area (TPSA) is 54.0 Å². The van der Waals surface area contributed by atoms with Gasteiger partial charge in [-0.15, -0.1) is 0 Å². The molecule has 1 amide bonds. The summed E-state index contributed by atoms with van der Waals surface area (Å²) in [6, 6.07) is 14.1. The second-order valence-corrected chi connectivity index (χ2v) is 6.95. The number of nitrogens with one attached hydrogen (secondary N) is 1. The van der Waals surface area contributed by atoms with Crippen molar-refractivity contribution in [2.75, 3.05) is 57.2 Å². The molecule has 3 rings (SSSR count). The summed E-state index contributed by atoms with van der Waals surface area (Å²) in [5.41, 5.74) is 3.36. The summed E-state index contributed by atoms with van der Waals surface area (Å²) in [6.07, 6.45) is 0.458. The van der Waals surface area contributed by atoms with Gasteiger partial charge in [-0.05, 0) is 36.8 Å². The first-order valence-electron chi connectivity index (χ1n) is 9.66. The zero-order chi connectivity index (χ0) is 19.9. The Bertz CT molecular complexity index is 801. The van der Waals surface area contributed by atoms with Crippen LogP contribution in [0.15, 0.2) is 42.5 Å². The van der Waals surface area contributed by atoms with Crippen LogP contribution in [-0.2, 0) is 4.79 Å². The van der Waals surface area contributed by atoms with Crippen molar-refractivity contribution >= 4 is 17.3 Å². The Morgan fingerprint density at radius 2 is 1.82 bits per heavy atom. The molecule has 1 aliphatic rings. The fraction of sp³-hybridized carbons (Fsp3) is 0.409. The highest BCUT2D eigenvalue weighted by Crippen LogP contribution is 2.29. The van der Waals surface area contributed by atoms with E-state index in [4.69, 9.17) is 9.47 Å². The maximum Gasteiger partial charge on any atom is 0.224 e. The molecule has 6 nitrogen and oxygen atoms in total. The minimum absolute atomic E-state index is 0.184. The summed E-state index contributed by atoms with van der Waals surface area (Å²) < 4.78 is 10.6. The molecule has 0 unspecified atom stereocenters. The van der Waals surface area contributed by atoms with Crippen LogP contribution >= 0.6 is 0 Å². The van der Waals surface area contributed by atoms with Crippen molar-refractivity contribution in [2.24, 2.45) is 0 Å². The monoisotopic (exact) mass is 383 g/mol. The number of aryl methyl sites for hydroxylation is 1. The lowest BCUT2D eigenvalue weighted by molar-refractivity contribution is -0.131. The second kappa shape index (κ2) is 9.35. The van der Waals surface area contributed by atoms with Gasteiger partial charge in [0.25, 0.3) is 0 Å². The average Bonchev–Trinajstić information content (AvgIpc) is 2.74. The molecule has 0 saturated carbocycles. The van der Waals surface area contributed by atoms with Gasteiger partial charge in [-0.2, -0.15) is 0 Å². The van der Waals surface area contributed by atoms with Crippen molar-refractivity contribution in [3.8, 4) is 11.5 Å². The third-order valence-corrected chi connectivity index (χ3v) is 5.06. The molecular weight excluding hydrogens is 354 g/mol. The Kier molecular flexibility index (Phi) is 6.63. The summed E-state index contributed by atoms with van der Waals surface area (Å²) >= 11 is 0. The predicted octanol–water partition coefficient (Wildman–Crippen LogP) is 3.16. The van der Waals surface area contributed by atoms with Gasteiger partial charge in [-0.1, -0.05) is 12.1 Å². The zero-order valence-electron chi connectivity index (χ0n) is 16.9. The Morgan fingerprint density at radius 3 is 2.50 bits per heavy atom. The Hall–Kier alpha value is -2.89. The van der Waals surface area contributed by atoms with E-state index in [1.165, 1.54) is 11.3 Å². The lowest BCUT2D eigenvalue weighted by Gasteiger charge is -2.36. The average molecular weight is 383 g/mol. The molecule has 1 aliphatic heterocycles. The van der Waals surface area contributed by atoms with Crippen LogP contribution in [0.25, 0.3) is 0 Å². The molecule has 0 spiro atoms. The number of amides is 1. The molecule has 1 N–H and O–H groups in total. The van der Waals surface area contributed by atoms with Gasteiger partial charge in [0.2, 0.25) is 5.91 Å². The first-order valence-corrected chi connectivity index (χ1v) is 9.66. The third kappa shape index (κ3) is 4.88. The molecule has 0 aromatic heterocycles. The summed E-state index contributed by atoms with van der Waals surface area (Å²) in [5, 5.41) is 3.29. The van der Waals surface area contributed by atoms with Crippen LogP contribution < -0.4 is 19.7 Å². The molecule has 0 aliphatic carbocycles. The first-order chi connectivity index (χ1) is 13.6. The summed E-state index contributed by atoms with van der Waals surface area (Å²) in [7, 11) is 3.25. The smallest absolute Gasteiger partial charge is 0.224 e. The minimum atomic E-state index is 0.184. The van der Waals surface area contributed by atoms with Crippen molar-refractivity contribution in [1.29, 1.82) is 0 Å². The number of ether oxygens (including phenoxy) is 2.